The Kier molecular flexibility index (Phi) is 2.13. The Labute approximate surface area is 86.7 Å². The molecule has 1 saturated heterocycles. The van der Waals surface area contributed by atoms with E-state index < -0.39 is 0 Å². The van der Waals surface area contributed by atoms with Crippen molar-refractivity contribution in [1.82, 2.24) is 4.90 Å². The molecule has 2 heteroatoms. The van der Waals surface area contributed by atoms with Gasteiger partial charge in [0.05, 0.1) is 5.41 Å². The van der Waals surface area contributed by atoms with E-state index in [1.807, 2.05) is 0 Å². The molecule has 1 heterocycles. The molecule has 1 amide bonds. The van der Waals surface area contributed by atoms with E-state index in [-0.39, 0.29) is 11.0 Å². The summed E-state index contributed by atoms with van der Waals surface area (Å²) in [6, 6.07) is 0. The molecule has 1 spiro atoms. The van der Waals surface area contributed by atoms with Gasteiger partial charge >= 0.3 is 0 Å². The molecule has 0 aromatic carbocycles. The Hall–Kier alpha value is -0.530. The van der Waals surface area contributed by atoms with E-state index in [1.165, 1.54) is 12.8 Å². The maximum Gasteiger partial charge on any atom is 0.229 e. The van der Waals surface area contributed by atoms with E-state index >= 15 is 0 Å². The van der Waals surface area contributed by atoms with Crippen LogP contribution in [0.4, 0.5) is 0 Å². The smallest absolute Gasteiger partial charge is 0.229 e. The van der Waals surface area contributed by atoms with Crippen LogP contribution in [0.2, 0.25) is 0 Å². The van der Waals surface area contributed by atoms with Crippen LogP contribution in [0.3, 0.4) is 0 Å². The Morgan fingerprint density at radius 2 is 1.71 bits per heavy atom. The van der Waals surface area contributed by atoms with E-state index in [0.29, 0.717) is 5.91 Å². The van der Waals surface area contributed by atoms with E-state index in [9.17, 15) is 4.79 Å². The van der Waals surface area contributed by atoms with E-state index in [2.05, 4.69) is 25.7 Å². The molecular formula is C12H21NO. The van der Waals surface area contributed by atoms with Gasteiger partial charge in [0.2, 0.25) is 5.91 Å². The summed E-state index contributed by atoms with van der Waals surface area (Å²) < 4.78 is 0. The summed E-state index contributed by atoms with van der Waals surface area (Å²) in [5, 5.41) is 0. The highest BCUT2D eigenvalue weighted by atomic mass is 16.2. The monoisotopic (exact) mass is 195 g/mol. The second-order valence-electron chi connectivity index (χ2n) is 5.87. The van der Waals surface area contributed by atoms with E-state index in [0.717, 1.165) is 25.8 Å². The molecular weight excluding hydrogens is 174 g/mol. The van der Waals surface area contributed by atoms with Gasteiger partial charge in [-0.25, -0.2) is 0 Å². The number of rotatable bonds is 0. The fourth-order valence-electron chi connectivity index (χ4n) is 2.98. The van der Waals surface area contributed by atoms with Crippen LogP contribution in [0.1, 0.15) is 52.9 Å². The highest BCUT2D eigenvalue weighted by Crippen LogP contribution is 2.47. The van der Waals surface area contributed by atoms with Gasteiger partial charge < -0.3 is 4.90 Å². The molecule has 1 aliphatic carbocycles. The molecule has 0 bridgehead atoms. The first-order chi connectivity index (χ1) is 6.46. The summed E-state index contributed by atoms with van der Waals surface area (Å²) in [6.45, 7) is 7.39. The minimum atomic E-state index is 0.0170. The average Bonchev–Trinajstić information content (AvgIpc) is 2.62. The third kappa shape index (κ3) is 1.35. The van der Waals surface area contributed by atoms with Gasteiger partial charge in [0.1, 0.15) is 0 Å². The number of likely N-dealkylation sites (tertiary alicyclic amines) is 1. The lowest BCUT2D eigenvalue weighted by Crippen LogP contribution is -2.45. The van der Waals surface area contributed by atoms with Crippen LogP contribution >= 0.6 is 0 Å². The van der Waals surface area contributed by atoms with Gasteiger partial charge in [0.25, 0.3) is 0 Å². The van der Waals surface area contributed by atoms with Crippen molar-refractivity contribution in [3.05, 3.63) is 0 Å². The normalized spacial score (nSPS) is 26.5. The molecule has 80 valence electrons. The van der Waals surface area contributed by atoms with Gasteiger partial charge in [-0.15, -0.1) is 0 Å². The van der Waals surface area contributed by atoms with Crippen molar-refractivity contribution >= 4 is 5.91 Å². The summed E-state index contributed by atoms with van der Waals surface area (Å²) in [4.78, 5) is 14.4. The summed E-state index contributed by atoms with van der Waals surface area (Å²) >= 11 is 0. The largest absolute Gasteiger partial charge is 0.337 e. The average molecular weight is 195 g/mol. The van der Waals surface area contributed by atoms with Crippen LogP contribution in [0.15, 0.2) is 0 Å². The third-order valence-corrected chi connectivity index (χ3v) is 3.88. The summed E-state index contributed by atoms with van der Waals surface area (Å²) in [6.07, 6.45) is 5.88. The van der Waals surface area contributed by atoms with E-state index in [4.69, 9.17) is 0 Å². The molecule has 2 nitrogen and oxygen atoms in total. The Morgan fingerprint density at radius 1 is 1.14 bits per heavy atom. The van der Waals surface area contributed by atoms with Gasteiger partial charge in [-0.05, 0) is 40.0 Å². The SMILES string of the molecule is CC(C)(C)N1CCC2(CCCC2)C1=O. The summed E-state index contributed by atoms with van der Waals surface area (Å²) in [7, 11) is 0. The van der Waals surface area contributed by atoms with Crippen LogP contribution in [0.25, 0.3) is 0 Å². The van der Waals surface area contributed by atoms with Gasteiger partial charge in [-0.2, -0.15) is 0 Å². The lowest BCUT2D eigenvalue weighted by atomic mass is 9.84. The predicted octanol–water partition coefficient (Wildman–Crippen LogP) is 2.58. The number of carbonyl (C=O) groups excluding carboxylic acids is 1. The maximum absolute atomic E-state index is 12.3. The van der Waals surface area contributed by atoms with E-state index in [1.54, 1.807) is 0 Å². The fraction of sp³-hybridized carbons (Fsp3) is 0.917. The lowest BCUT2D eigenvalue weighted by molar-refractivity contribution is -0.139. The number of hydrogen-bond acceptors (Lipinski definition) is 1. The first kappa shape index (κ1) is 10.0. The molecule has 1 aliphatic heterocycles. The highest BCUT2D eigenvalue weighted by molar-refractivity contribution is 5.85. The molecule has 0 radical (unpaired) electrons. The van der Waals surface area contributed by atoms with Crippen molar-refractivity contribution in [2.45, 2.75) is 58.4 Å². The topological polar surface area (TPSA) is 20.3 Å². The maximum atomic E-state index is 12.3. The zero-order valence-corrected chi connectivity index (χ0v) is 9.60. The summed E-state index contributed by atoms with van der Waals surface area (Å²) in [5.41, 5.74) is 0.0798. The molecule has 2 fully saturated rings. The molecule has 14 heavy (non-hydrogen) atoms. The molecule has 0 aromatic heterocycles. The third-order valence-electron chi connectivity index (χ3n) is 3.88. The van der Waals surface area contributed by atoms with Crippen LogP contribution < -0.4 is 0 Å². The van der Waals surface area contributed by atoms with Gasteiger partial charge in [-0.1, -0.05) is 12.8 Å². The zero-order chi connectivity index (χ0) is 10.4. The Balaban J connectivity index is 2.18. The number of nitrogens with zero attached hydrogens (tertiary/aromatic N) is 1. The first-order valence-electron chi connectivity index (χ1n) is 5.78. The quantitative estimate of drug-likeness (QED) is 0.582. The molecule has 0 unspecified atom stereocenters. The van der Waals surface area contributed by atoms with Crippen LogP contribution in [-0.2, 0) is 4.79 Å². The summed E-state index contributed by atoms with van der Waals surface area (Å²) in [5.74, 6) is 0.433. The van der Waals surface area contributed by atoms with Crippen molar-refractivity contribution in [2.24, 2.45) is 5.41 Å². The van der Waals surface area contributed by atoms with Crippen LogP contribution in [0.5, 0.6) is 0 Å². The second-order valence-corrected chi connectivity index (χ2v) is 5.87. The molecule has 0 aromatic rings. The predicted molar refractivity (Wildman–Crippen MR) is 57.0 cm³/mol. The lowest BCUT2D eigenvalue weighted by Gasteiger charge is -2.33. The number of carbonyl (C=O) groups is 1. The van der Waals surface area contributed by atoms with Crippen LogP contribution in [-0.4, -0.2) is 22.9 Å². The molecule has 0 N–H and O–H groups in total. The minimum absolute atomic E-state index is 0.0170. The highest BCUT2D eigenvalue weighted by Gasteiger charge is 2.50. The minimum Gasteiger partial charge on any atom is -0.337 e. The molecule has 1 saturated carbocycles. The fourth-order valence-corrected chi connectivity index (χ4v) is 2.98. The first-order valence-corrected chi connectivity index (χ1v) is 5.78. The Morgan fingerprint density at radius 3 is 2.14 bits per heavy atom. The van der Waals surface area contributed by atoms with Gasteiger partial charge in [0.15, 0.2) is 0 Å². The molecule has 0 atom stereocenters. The molecule has 2 aliphatic rings. The van der Waals surface area contributed by atoms with Crippen molar-refractivity contribution < 1.29 is 4.79 Å². The van der Waals surface area contributed by atoms with Crippen LogP contribution in [0, 0.1) is 5.41 Å². The van der Waals surface area contributed by atoms with Crippen molar-refractivity contribution in [3.63, 3.8) is 0 Å². The zero-order valence-electron chi connectivity index (χ0n) is 9.60. The van der Waals surface area contributed by atoms with Crippen molar-refractivity contribution in [2.75, 3.05) is 6.54 Å². The second kappa shape index (κ2) is 2.98. The van der Waals surface area contributed by atoms with Crippen molar-refractivity contribution in [3.8, 4) is 0 Å². The van der Waals surface area contributed by atoms with Gasteiger partial charge in [0, 0.05) is 12.1 Å². The Bertz CT molecular complexity index is 246. The van der Waals surface area contributed by atoms with Gasteiger partial charge in [-0.3, -0.25) is 4.79 Å². The number of amides is 1. The number of hydrogen-bond donors (Lipinski definition) is 0. The standard InChI is InChI=1S/C12H21NO/c1-11(2,3)13-9-8-12(10(13)14)6-4-5-7-12/h4-9H2,1-3H3. The van der Waals surface area contributed by atoms with Crippen molar-refractivity contribution in [1.29, 1.82) is 0 Å². The molecule has 2 rings (SSSR count).